The quantitative estimate of drug-likeness (QED) is 0.794. The predicted octanol–water partition coefficient (Wildman–Crippen LogP) is 2.50. The molecule has 0 aliphatic carbocycles. The Morgan fingerprint density at radius 2 is 1.82 bits per heavy atom. The van der Waals surface area contributed by atoms with E-state index in [1.54, 1.807) is 12.1 Å². The highest BCUT2D eigenvalue weighted by Crippen LogP contribution is 2.33. The summed E-state index contributed by atoms with van der Waals surface area (Å²) in [6.07, 6.45) is 1.16. The molecule has 2 amide bonds. The van der Waals surface area contributed by atoms with E-state index in [1.807, 2.05) is 0 Å². The molecule has 3 rings (SSSR count). The number of nitrogens with zero attached hydrogens (tertiary/aromatic N) is 1. The third kappa shape index (κ3) is 2.25. The van der Waals surface area contributed by atoms with E-state index in [9.17, 15) is 14.4 Å². The molecule has 2 heterocycles. The first-order chi connectivity index (χ1) is 10.5. The monoisotopic (exact) mass is 321 g/mol. The molecule has 0 spiro atoms. The van der Waals surface area contributed by atoms with Crippen LogP contribution in [0.3, 0.4) is 0 Å². The number of hydrogen-bond acceptors (Lipinski definition) is 5. The fraction of sp³-hybridized carbons (Fsp3) is 0.267. The molecule has 0 N–H and O–H groups in total. The Labute approximate surface area is 130 Å². The van der Waals surface area contributed by atoms with Gasteiger partial charge in [-0.25, -0.2) is 4.79 Å². The van der Waals surface area contributed by atoms with Gasteiger partial charge in [0.25, 0.3) is 0 Å². The van der Waals surface area contributed by atoms with Crippen LogP contribution in [-0.4, -0.2) is 18.9 Å². The Hall–Kier alpha value is -2.34. The highest BCUT2D eigenvalue weighted by Gasteiger charge is 2.28. The number of methoxy groups -OCH3 is 1. The fourth-order valence-corrected chi connectivity index (χ4v) is 2.78. The number of carbonyl (C=O) groups excluding carboxylic acids is 2. The summed E-state index contributed by atoms with van der Waals surface area (Å²) in [6.45, 7) is 0. The first-order valence-electron chi connectivity index (χ1n) is 6.69. The average molecular weight is 322 g/mol. The van der Waals surface area contributed by atoms with Gasteiger partial charge in [-0.1, -0.05) is 17.7 Å². The van der Waals surface area contributed by atoms with Gasteiger partial charge in [-0.15, -0.1) is 0 Å². The SMILES string of the molecule is COc1oc(=O)c2cc(N3C(=O)CCCC3=O)ccc2c1Cl. The van der Waals surface area contributed by atoms with Crippen molar-refractivity contribution in [3.63, 3.8) is 0 Å². The Morgan fingerprint density at radius 1 is 1.14 bits per heavy atom. The lowest BCUT2D eigenvalue weighted by atomic mass is 10.1. The molecule has 6 nitrogen and oxygen atoms in total. The zero-order chi connectivity index (χ0) is 15.9. The number of amides is 2. The first kappa shape index (κ1) is 14.6. The second-order valence-electron chi connectivity index (χ2n) is 4.90. The Balaban J connectivity index is 2.18. The van der Waals surface area contributed by atoms with Crippen LogP contribution in [0.5, 0.6) is 5.95 Å². The van der Waals surface area contributed by atoms with Crippen molar-refractivity contribution in [2.24, 2.45) is 0 Å². The third-order valence-electron chi connectivity index (χ3n) is 3.55. The van der Waals surface area contributed by atoms with Gasteiger partial charge in [0.15, 0.2) is 0 Å². The number of fused-ring (bicyclic) bond motifs is 1. The molecule has 0 unspecified atom stereocenters. The summed E-state index contributed by atoms with van der Waals surface area (Å²) >= 11 is 6.10. The maximum Gasteiger partial charge on any atom is 0.346 e. The third-order valence-corrected chi connectivity index (χ3v) is 3.91. The molecule has 1 aromatic carbocycles. The number of halogens is 1. The van der Waals surface area contributed by atoms with Crippen LogP contribution in [0.2, 0.25) is 5.02 Å². The molecule has 7 heteroatoms. The molecule has 1 aliphatic rings. The summed E-state index contributed by atoms with van der Waals surface area (Å²) in [5, 5.41) is 0.796. The Kier molecular flexibility index (Phi) is 3.62. The number of rotatable bonds is 2. The van der Waals surface area contributed by atoms with Crippen LogP contribution in [0.15, 0.2) is 27.4 Å². The molecule has 22 heavy (non-hydrogen) atoms. The summed E-state index contributed by atoms with van der Waals surface area (Å²) in [5.74, 6) is -0.628. The van der Waals surface area contributed by atoms with E-state index in [2.05, 4.69) is 0 Å². The average Bonchev–Trinajstić information content (AvgIpc) is 2.50. The van der Waals surface area contributed by atoms with Crippen molar-refractivity contribution >= 4 is 39.9 Å². The summed E-state index contributed by atoms with van der Waals surface area (Å²) in [7, 11) is 1.34. The number of anilines is 1. The molecule has 1 fully saturated rings. The van der Waals surface area contributed by atoms with E-state index in [1.165, 1.54) is 13.2 Å². The van der Waals surface area contributed by atoms with Crippen LogP contribution >= 0.6 is 11.6 Å². The molecule has 1 aliphatic heterocycles. The largest absolute Gasteiger partial charge is 0.467 e. The van der Waals surface area contributed by atoms with Crippen LogP contribution < -0.4 is 15.3 Å². The van der Waals surface area contributed by atoms with Crippen molar-refractivity contribution in [2.75, 3.05) is 12.0 Å². The van der Waals surface area contributed by atoms with Gasteiger partial charge < -0.3 is 9.15 Å². The second kappa shape index (κ2) is 5.46. The lowest BCUT2D eigenvalue weighted by Crippen LogP contribution is -2.40. The summed E-state index contributed by atoms with van der Waals surface area (Å²) in [6, 6.07) is 4.59. The van der Waals surface area contributed by atoms with Gasteiger partial charge in [-0.3, -0.25) is 14.5 Å². The minimum Gasteiger partial charge on any atom is -0.467 e. The number of ether oxygens (including phenoxy) is 1. The van der Waals surface area contributed by atoms with Crippen molar-refractivity contribution in [2.45, 2.75) is 19.3 Å². The normalized spacial score (nSPS) is 15.5. The first-order valence-corrected chi connectivity index (χ1v) is 7.07. The van der Waals surface area contributed by atoms with E-state index in [4.69, 9.17) is 20.8 Å². The van der Waals surface area contributed by atoms with Gasteiger partial charge in [-0.2, -0.15) is 0 Å². The topological polar surface area (TPSA) is 76.8 Å². The van der Waals surface area contributed by atoms with Crippen molar-refractivity contribution in [1.29, 1.82) is 0 Å². The van der Waals surface area contributed by atoms with Crippen LogP contribution in [0.25, 0.3) is 10.8 Å². The van der Waals surface area contributed by atoms with Crippen molar-refractivity contribution in [3.8, 4) is 5.95 Å². The zero-order valence-corrected chi connectivity index (χ0v) is 12.5. The molecule has 0 bridgehead atoms. The molecule has 0 atom stereocenters. The number of carbonyl (C=O) groups is 2. The summed E-state index contributed by atoms with van der Waals surface area (Å²) < 4.78 is 9.87. The maximum absolute atomic E-state index is 12.0. The molecular formula is C15H12ClNO5. The standard InChI is InChI=1S/C15H12ClNO5/c1-21-15-13(16)9-6-5-8(7-10(9)14(20)22-15)17-11(18)3-2-4-12(17)19/h5-7H,2-4H2,1H3. The van der Waals surface area contributed by atoms with Gasteiger partial charge in [0.2, 0.25) is 11.8 Å². The molecule has 0 saturated carbocycles. The van der Waals surface area contributed by atoms with Gasteiger partial charge in [-0.05, 0) is 18.6 Å². The molecule has 2 aromatic rings. The Bertz CT molecular complexity index is 826. The molecule has 1 aromatic heterocycles. The van der Waals surface area contributed by atoms with Crippen molar-refractivity contribution < 1.29 is 18.7 Å². The maximum atomic E-state index is 12.0. The van der Waals surface area contributed by atoms with Crippen LogP contribution in [-0.2, 0) is 9.59 Å². The van der Waals surface area contributed by atoms with Crippen molar-refractivity contribution in [1.82, 2.24) is 0 Å². The number of imide groups is 1. The lowest BCUT2D eigenvalue weighted by molar-refractivity contribution is -0.129. The molecule has 114 valence electrons. The molecule has 1 saturated heterocycles. The number of hydrogen-bond donors (Lipinski definition) is 0. The van der Waals surface area contributed by atoms with Gasteiger partial charge in [0, 0.05) is 18.2 Å². The highest BCUT2D eigenvalue weighted by atomic mass is 35.5. The number of piperidine rings is 1. The predicted molar refractivity (Wildman–Crippen MR) is 80.4 cm³/mol. The minimum absolute atomic E-state index is 0.0722. The minimum atomic E-state index is -0.644. The van der Waals surface area contributed by atoms with Gasteiger partial charge in [0.05, 0.1) is 18.2 Å². The molecular weight excluding hydrogens is 310 g/mol. The summed E-state index contributed by atoms with van der Waals surface area (Å²) in [4.78, 5) is 37.0. The van der Waals surface area contributed by atoms with E-state index in [0.717, 1.165) is 4.90 Å². The highest BCUT2D eigenvalue weighted by molar-refractivity contribution is 6.36. The van der Waals surface area contributed by atoms with Gasteiger partial charge in [0.1, 0.15) is 5.02 Å². The van der Waals surface area contributed by atoms with E-state index in [0.29, 0.717) is 30.3 Å². The second-order valence-corrected chi connectivity index (χ2v) is 5.28. The van der Waals surface area contributed by atoms with Crippen LogP contribution in [0, 0.1) is 0 Å². The molecule has 0 radical (unpaired) electrons. The van der Waals surface area contributed by atoms with Crippen LogP contribution in [0.1, 0.15) is 19.3 Å². The lowest BCUT2D eigenvalue weighted by Gasteiger charge is -2.25. The van der Waals surface area contributed by atoms with Gasteiger partial charge >= 0.3 is 11.6 Å². The van der Waals surface area contributed by atoms with E-state index < -0.39 is 5.63 Å². The zero-order valence-electron chi connectivity index (χ0n) is 11.7. The number of benzene rings is 1. The smallest absolute Gasteiger partial charge is 0.346 e. The fourth-order valence-electron chi connectivity index (χ4n) is 2.50. The van der Waals surface area contributed by atoms with Crippen LogP contribution in [0.4, 0.5) is 5.69 Å². The Morgan fingerprint density at radius 3 is 2.45 bits per heavy atom. The van der Waals surface area contributed by atoms with Crippen molar-refractivity contribution in [3.05, 3.63) is 33.6 Å². The summed E-state index contributed by atoms with van der Waals surface area (Å²) in [5.41, 5.74) is -0.300. The van der Waals surface area contributed by atoms with E-state index in [-0.39, 0.29) is 28.2 Å². The van der Waals surface area contributed by atoms with E-state index >= 15 is 0 Å².